The molecule has 0 amide bonds. The molecule has 0 rings (SSSR count). The van der Waals surface area contributed by atoms with E-state index in [9.17, 15) is 9.59 Å². The van der Waals surface area contributed by atoms with E-state index < -0.39 is 17.6 Å². The van der Waals surface area contributed by atoms with Gasteiger partial charge in [-0.3, -0.25) is 20.2 Å². The SMILES string of the molecule is COCNCC(=O)[C@@H](CCCCN)NC(C)(C)C(=O)[C@H](N)CCCCN. The van der Waals surface area contributed by atoms with Gasteiger partial charge in [-0.05, 0) is 52.6 Å². The molecule has 0 radical (unpaired) electrons. The number of unbranched alkanes of at least 4 members (excludes halogenated alkanes) is 2. The molecule has 0 aromatic carbocycles. The van der Waals surface area contributed by atoms with Gasteiger partial charge in [-0.2, -0.15) is 0 Å². The highest BCUT2D eigenvalue weighted by atomic mass is 16.5. The van der Waals surface area contributed by atoms with Crippen LogP contribution in [0.1, 0.15) is 52.4 Å². The Morgan fingerprint density at radius 2 is 1.62 bits per heavy atom. The minimum Gasteiger partial charge on any atom is -0.370 e. The number of hydrogen-bond acceptors (Lipinski definition) is 8. The van der Waals surface area contributed by atoms with Crippen LogP contribution in [0.25, 0.3) is 0 Å². The van der Waals surface area contributed by atoms with Crippen molar-refractivity contribution < 1.29 is 14.3 Å². The van der Waals surface area contributed by atoms with Crippen molar-refractivity contribution in [1.29, 1.82) is 0 Å². The molecule has 0 saturated heterocycles. The van der Waals surface area contributed by atoms with Crippen LogP contribution in [0.5, 0.6) is 0 Å². The van der Waals surface area contributed by atoms with E-state index in [1.54, 1.807) is 21.0 Å². The molecule has 154 valence electrons. The molecule has 2 atom stereocenters. The van der Waals surface area contributed by atoms with Crippen molar-refractivity contribution in [1.82, 2.24) is 10.6 Å². The zero-order valence-corrected chi connectivity index (χ0v) is 16.7. The van der Waals surface area contributed by atoms with E-state index in [4.69, 9.17) is 21.9 Å². The number of Topliss-reactive ketones (excluding diaryl/α,β-unsaturated/α-hetero) is 2. The molecule has 0 aromatic rings. The first kappa shape index (κ1) is 25.1. The summed E-state index contributed by atoms with van der Waals surface area (Å²) in [6.45, 7) is 5.22. The first-order chi connectivity index (χ1) is 12.3. The smallest absolute Gasteiger partial charge is 0.168 e. The highest BCUT2D eigenvalue weighted by Crippen LogP contribution is 2.14. The number of ketones is 2. The van der Waals surface area contributed by atoms with Crippen LogP contribution < -0.4 is 27.8 Å². The second-order valence-corrected chi connectivity index (χ2v) is 7.19. The van der Waals surface area contributed by atoms with Gasteiger partial charge in [0.05, 0.1) is 30.9 Å². The molecule has 0 heterocycles. The topological polar surface area (TPSA) is 145 Å². The molecular weight excluding hydrogens is 334 g/mol. The Labute approximate surface area is 157 Å². The quantitative estimate of drug-likeness (QED) is 0.172. The van der Waals surface area contributed by atoms with Crippen LogP contribution in [-0.2, 0) is 14.3 Å². The third-order valence-electron chi connectivity index (χ3n) is 4.34. The lowest BCUT2D eigenvalue weighted by Gasteiger charge is -2.32. The fraction of sp³-hybridized carbons (Fsp3) is 0.889. The Hall–Kier alpha value is -0.900. The fourth-order valence-corrected chi connectivity index (χ4v) is 2.82. The molecular formula is C18H39N5O3. The Bertz CT molecular complexity index is 404. The van der Waals surface area contributed by atoms with Gasteiger partial charge in [0.2, 0.25) is 0 Å². The summed E-state index contributed by atoms with van der Waals surface area (Å²) in [5.41, 5.74) is 16.2. The fourth-order valence-electron chi connectivity index (χ4n) is 2.82. The number of nitrogens with two attached hydrogens (primary N) is 3. The van der Waals surface area contributed by atoms with Gasteiger partial charge in [-0.15, -0.1) is 0 Å². The summed E-state index contributed by atoms with van der Waals surface area (Å²) in [6.07, 6.45) is 4.55. The highest BCUT2D eigenvalue weighted by Gasteiger charge is 2.35. The molecule has 0 aromatic heterocycles. The van der Waals surface area contributed by atoms with E-state index >= 15 is 0 Å². The van der Waals surface area contributed by atoms with Crippen molar-refractivity contribution >= 4 is 11.6 Å². The van der Waals surface area contributed by atoms with Gasteiger partial charge < -0.3 is 21.9 Å². The van der Waals surface area contributed by atoms with E-state index in [1.807, 2.05) is 0 Å². The van der Waals surface area contributed by atoms with E-state index in [2.05, 4.69) is 10.6 Å². The van der Waals surface area contributed by atoms with Crippen LogP contribution in [-0.4, -0.2) is 62.7 Å². The number of carbonyl (C=O) groups excluding carboxylic acids is 2. The number of rotatable bonds is 17. The molecule has 0 aliphatic rings. The van der Waals surface area contributed by atoms with Gasteiger partial charge in [-0.1, -0.05) is 12.8 Å². The maximum Gasteiger partial charge on any atom is 0.168 e. The normalized spacial score (nSPS) is 14.2. The summed E-state index contributed by atoms with van der Waals surface area (Å²) in [5.74, 6) is -0.0901. The monoisotopic (exact) mass is 373 g/mol. The highest BCUT2D eigenvalue weighted by molar-refractivity contribution is 5.93. The van der Waals surface area contributed by atoms with Gasteiger partial charge in [0, 0.05) is 7.11 Å². The molecule has 0 unspecified atom stereocenters. The number of nitrogens with one attached hydrogen (secondary N) is 2. The number of ether oxygens (including phenoxy) is 1. The van der Waals surface area contributed by atoms with Crippen LogP contribution in [0.3, 0.4) is 0 Å². The molecule has 0 bridgehead atoms. The van der Waals surface area contributed by atoms with Gasteiger partial charge in [-0.25, -0.2) is 0 Å². The Balaban J connectivity index is 4.83. The third kappa shape index (κ3) is 10.3. The second-order valence-electron chi connectivity index (χ2n) is 7.19. The summed E-state index contributed by atoms with van der Waals surface area (Å²) in [7, 11) is 1.56. The zero-order chi connectivity index (χ0) is 20.0. The lowest BCUT2D eigenvalue weighted by atomic mass is 9.89. The van der Waals surface area contributed by atoms with Gasteiger partial charge in [0.25, 0.3) is 0 Å². The molecule has 8 N–H and O–H groups in total. The average molecular weight is 374 g/mol. The second kappa shape index (κ2) is 14.2. The minimum atomic E-state index is -0.883. The average Bonchev–Trinajstić information content (AvgIpc) is 2.60. The number of methoxy groups -OCH3 is 1. The number of carbonyl (C=O) groups is 2. The predicted octanol–water partition coefficient (Wildman–Crippen LogP) is -0.360. The third-order valence-corrected chi connectivity index (χ3v) is 4.34. The van der Waals surface area contributed by atoms with Gasteiger partial charge in [0.15, 0.2) is 11.6 Å². The Morgan fingerprint density at radius 1 is 1.04 bits per heavy atom. The van der Waals surface area contributed by atoms with Crippen molar-refractivity contribution in [2.75, 3.05) is 33.5 Å². The maximum atomic E-state index is 12.7. The van der Waals surface area contributed by atoms with Crippen LogP contribution in [0.4, 0.5) is 0 Å². The van der Waals surface area contributed by atoms with Crippen LogP contribution in [0.2, 0.25) is 0 Å². The Kier molecular flexibility index (Phi) is 13.7. The number of hydrogen-bond donors (Lipinski definition) is 5. The molecule has 8 nitrogen and oxygen atoms in total. The minimum absolute atomic E-state index is 0.00310. The first-order valence-electron chi connectivity index (χ1n) is 9.50. The van der Waals surface area contributed by atoms with E-state index in [1.165, 1.54) is 0 Å². The molecule has 8 heteroatoms. The van der Waals surface area contributed by atoms with Crippen molar-refractivity contribution in [3.05, 3.63) is 0 Å². The summed E-state index contributed by atoms with van der Waals surface area (Å²) in [5, 5.41) is 6.14. The molecule has 26 heavy (non-hydrogen) atoms. The summed E-state index contributed by atoms with van der Waals surface area (Å²) in [6, 6.07) is -0.989. The zero-order valence-electron chi connectivity index (χ0n) is 16.7. The predicted molar refractivity (Wildman–Crippen MR) is 105 cm³/mol. The van der Waals surface area contributed by atoms with E-state index in [0.29, 0.717) is 32.7 Å². The van der Waals surface area contributed by atoms with Crippen molar-refractivity contribution in [2.45, 2.75) is 70.0 Å². The summed E-state index contributed by atoms with van der Waals surface area (Å²) in [4.78, 5) is 25.2. The van der Waals surface area contributed by atoms with E-state index in [0.717, 1.165) is 25.7 Å². The van der Waals surface area contributed by atoms with Crippen LogP contribution in [0, 0.1) is 0 Å². The molecule has 0 aliphatic carbocycles. The van der Waals surface area contributed by atoms with Crippen molar-refractivity contribution in [3.8, 4) is 0 Å². The lowest BCUT2D eigenvalue weighted by Crippen LogP contribution is -2.59. The van der Waals surface area contributed by atoms with E-state index in [-0.39, 0.29) is 18.1 Å². The molecule has 0 fully saturated rings. The van der Waals surface area contributed by atoms with Gasteiger partial charge in [0.1, 0.15) is 0 Å². The maximum absolute atomic E-state index is 12.7. The van der Waals surface area contributed by atoms with Crippen molar-refractivity contribution in [3.63, 3.8) is 0 Å². The van der Waals surface area contributed by atoms with Crippen molar-refractivity contribution in [2.24, 2.45) is 17.2 Å². The van der Waals surface area contributed by atoms with Gasteiger partial charge >= 0.3 is 0 Å². The first-order valence-corrected chi connectivity index (χ1v) is 9.50. The molecule has 0 spiro atoms. The molecule has 0 aliphatic heterocycles. The molecule has 0 saturated carbocycles. The summed E-state index contributed by atoms with van der Waals surface area (Å²) >= 11 is 0. The standard InChI is InChI=1S/C18H39N5O3/c1-18(2,17(25)14(21)8-4-6-10-19)23-15(9-5-7-11-20)16(24)12-22-13-26-3/h14-15,22-23H,4-13,19-21H2,1-3H3/t14-,15-/m1/s1. The van der Waals surface area contributed by atoms with Crippen LogP contribution >= 0.6 is 0 Å². The van der Waals surface area contributed by atoms with Crippen LogP contribution in [0.15, 0.2) is 0 Å². The lowest BCUT2D eigenvalue weighted by molar-refractivity contribution is -0.127. The Morgan fingerprint density at radius 3 is 2.15 bits per heavy atom. The largest absolute Gasteiger partial charge is 0.370 e. The summed E-state index contributed by atoms with van der Waals surface area (Å²) < 4.78 is 4.91.